The summed E-state index contributed by atoms with van der Waals surface area (Å²) >= 11 is 0. The Labute approximate surface area is 793 Å². The van der Waals surface area contributed by atoms with Crippen molar-refractivity contribution >= 4 is 107 Å². The van der Waals surface area contributed by atoms with E-state index in [0.717, 1.165) is 45.0 Å². The highest BCUT2D eigenvalue weighted by Crippen LogP contribution is 2.40. The molecule has 6 fully saturated rings. The molecule has 10 aliphatic heterocycles. The number of nitrogens with one attached hydrogen (secondary N) is 8. The molecular weight excluding hydrogens is 1790 g/mol. The Morgan fingerprint density at radius 1 is 0.381 bits per heavy atom. The topological polar surface area (TPSA) is 489 Å². The first-order valence-corrected chi connectivity index (χ1v) is 43.3. The summed E-state index contributed by atoms with van der Waals surface area (Å²) in [6.45, 7) is 3.95. The molecule has 8 aromatic carbocycles. The maximum absolute atomic E-state index is 15.0. The zero-order valence-corrected chi connectivity index (χ0v) is 75.8. The van der Waals surface area contributed by atoms with E-state index < -0.39 is 116 Å². The van der Waals surface area contributed by atoms with Crippen molar-refractivity contribution < 1.29 is 114 Å². The van der Waals surface area contributed by atoms with Crippen molar-refractivity contribution in [3.63, 3.8) is 0 Å². The normalized spacial score (nSPS) is 21.9. The number of halogens is 1. The van der Waals surface area contributed by atoms with E-state index in [2.05, 4.69) is 94.6 Å². The quantitative estimate of drug-likeness (QED) is 0.0183. The second kappa shape index (κ2) is 38.8. The van der Waals surface area contributed by atoms with Crippen molar-refractivity contribution in [2.75, 3.05) is 61.7 Å². The summed E-state index contributed by atoms with van der Waals surface area (Å²) in [7, 11) is 7.39. The molecule has 36 nitrogen and oxygen atoms in total. The third-order valence-electron chi connectivity index (χ3n) is 25.0. The summed E-state index contributed by atoms with van der Waals surface area (Å²) in [6, 6.07) is 44.4. The lowest BCUT2D eigenvalue weighted by Crippen LogP contribution is -2.54. The van der Waals surface area contributed by atoms with E-state index in [1.807, 2.05) is 12.1 Å². The minimum Gasteiger partial charge on any atom is -0.497 e. The van der Waals surface area contributed by atoms with Crippen molar-refractivity contribution in [2.24, 2.45) is 22.0 Å². The van der Waals surface area contributed by atoms with Crippen LogP contribution in [-0.4, -0.2) is 199 Å². The van der Waals surface area contributed by atoms with E-state index in [9.17, 15) is 86.3 Å². The van der Waals surface area contributed by atoms with Crippen LogP contribution in [0, 0.1) is 69.4 Å². The first-order chi connectivity index (χ1) is 66.3. The molecule has 18 rings (SSSR count). The fourth-order valence-corrected chi connectivity index (χ4v) is 17.5. The van der Waals surface area contributed by atoms with Gasteiger partial charge in [-0.1, -0.05) is 114 Å². The number of carbonyl (C=O) groups excluding carboxylic acids is 18. The van der Waals surface area contributed by atoms with Crippen LogP contribution in [0.25, 0.3) is 0 Å². The predicted molar refractivity (Wildman–Crippen MR) is 487 cm³/mol. The predicted octanol–water partition coefficient (Wildman–Crippen LogP) is 3.81. The zero-order valence-electron chi connectivity index (χ0n) is 75.8. The van der Waals surface area contributed by atoms with Gasteiger partial charge in [-0.05, 0) is 150 Å². The summed E-state index contributed by atoms with van der Waals surface area (Å²) in [5.74, 6) is 17.9. The van der Waals surface area contributed by atoms with Gasteiger partial charge < -0.3 is 65.0 Å². The Bertz CT molecular complexity index is 6940. The minimum absolute atomic E-state index is 0.00612. The number of carbonyl (C=O) groups is 18. The molecule has 0 saturated carbocycles. The maximum atomic E-state index is 15.0. The standard InChI is InChI=1S/C27H22FN3O6.C26H23N5O6.C25H22N2O6.C24H21N3O5/c1-26(21(32)11-22(33)30-26)19-6-3-15(9-20(19)28)7-8-27(12-23(34)29-25(27)36)14-31-13-16-4-5-17(37-2)10-18(16)24(31)35;1-25(21(33)27-23(35)29-25)12-16-5-3-15(4-6-16)9-10-26(22(34)28-24(36)30-26)14-31-13-17-7-8-18(37-2)11-19(17)20(31)32;1-32-19-8-7-18-14-27(23(30)20(18)12-19)15-25(13-21(28)26-24(25)31)10-9-16-3-5-17(6-4-16)11-22(29)33-2;1-32-18-7-6-17-13-27(22(30)19(17)11-18)14-24(12-21(29)26-23(24)31)9-8-15-2-4-16(5-3-15)10-20(25)28/h3-6,9-10H,11-14H2,1-2H3,(H,30,33)(H,29,34,36);3-8,11H,12-14H2,1-2H3,(H2,27,29,33,35)(H2,28,30,34,36);3-8,12H,11,13-15H2,1-2H3,(H,26,28,31);2-7,11H,10,12-14H2,1H3,(H2,25,28)(H,26,29,31)/t26?,27-;25?,26-;25-;24-/m1111/s1. The number of imide groups is 5. The van der Waals surface area contributed by atoms with E-state index in [1.54, 1.807) is 140 Å². The number of hydrogen-bond donors (Lipinski definition) is 9. The van der Waals surface area contributed by atoms with Gasteiger partial charge in [-0.15, -0.1) is 0 Å². The van der Waals surface area contributed by atoms with Crippen LogP contribution in [0.5, 0.6) is 23.0 Å². The molecule has 0 aliphatic carbocycles. The van der Waals surface area contributed by atoms with Gasteiger partial charge in [0.25, 0.3) is 35.4 Å². The third-order valence-corrected chi connectivity index (χ3v) is 25.0. The Morgan fingerprint density at radius 3 is 1.06 bits per heavy atom. The van der Waals surface area contributed by atoms with Gasteiger partial charge in [0.1, 0.15) is 56.1 Å². The molecule has 8 aromatic rings. The van der Waals surface area contributed by atoms with Crippen LogP contribution in [-0.2, 0) is 113 Å². The Hall–Kier alpha value is -17.6. The van der Waals surface area contributed by atoms with Crippen molar-refractivity contribution in [3.8, 4) is 70.4 Å². The lowest BCUT2D eigenvalue weighted by Gasteiger charge is -2.26. The molecule has 10 aliphatic rings. The number of primary amides is 1. The molecule has 0 aromatic heterocycles. The van der Waals surface area contributed by atoms with E-state index in [0.29, 0.717) is 75.0 Å². The molecule has 0 spiro atoms. The highest BCUT2D eigenvalue weighted by molar-refractivity contribution is 6.14. The van der Waals surface area contributed by atoms with Gasteiger partial charge in [0, 0.05) is 102 Å². The van der Waals surface area contributed by atoms with Crippen molar-refractivity contribution in [2.45, 2.75) is 102 Å². The number of benzene rings is 8. The smallest absolute Gasteiger partial charge is 0.323 e. The molecule has 10 heterocycles. The van der Waals surface area contributed by atoms with E-state index in [1.165, 1.54) is 74.2 Å². The maximum Gasteiger partial charge on any atom is 0.323 e. The molecule has 10 N–H and O–H groups in total. The number of fused-ring (bicyclic) bond motifs is 4. The first-order valence-electron chi connectivity index (χ1n) is 43.3. The number of ketones is 1. The van der Waals surface area contributed by atoms with Crippen LogP contribution in [0.1, 0.15) is 148 Å². The largest absolute Gasteiger partial charge is 0.497 e. The number of methoxy groups -OCH3 is 5. The fourth-order valence-electron chi connectivity index (χ4n) is 17.5. The Kier molecular flexibility index (Phi) is 26.8. The van der Waals surface area contributed by atoms with Crippen molar-refractivity contribution in [1.29, 1.82) is 0 Å². The number of rotatable bonds is 19. The summed E-state index contributed by atoms with van der Waals surface area (Å²) in [5.41, 5.74) is 6.34. The molecule has 37 heteroatoms. The molecule has 6 atom stereocenters. The number of esters is 1. The minimum atomic E-state index is -1.63. The van der Waals surface area contributed by atoms with Crippen molar-refractivity contribution in [3.05, 3.63) is 259 Å². The van der Waals surface area contributed by atoms with Gasteiger partial charge >= 0.3 is 18.0 Å². The molecular formula is C102H88FN13O23. The number of nitrogens with two attached hydrogens (primary N) is 1. The molecule has 706 valence electrons. The number of amides is 18. The molecule has 0 bridgehead atoms. The highest BCUT2D eigenvalue weighted by atomic mass is 19.1. The van der Waals surface area contributed by atoms with Crippen LogP contribution in [0.15, 0.2) is 164 Å². The summed E-state index contributed by atoms with van der Waals surface area (Å²) in [5, 5.41) is 19.0. The SMILES string of the molecule is COC(=O)Cc1ccc(C#C[C@]2(CN3Cc4ccc(OC)cc4C3=O)CC(=O)NC2=O)cc1.COc1ccc2c(c1)C(=O)N(C[C@@]1(C#Cc3ccc(C4(C)NC(=O)CC4=O)c(F)c3)CC(=O)NC1=O)C2.COc1ccc2c(c1)C(=O)N(C[C@@]1(C#Cc3ccc(CC(N)=O)cc3)CC(=O)NC1=O)C2.COc1ccc2c(c1)C(=O)N(C[C@@]1(C#Cc3ccc(CC4(C)NC(=O)NC4=O)cc3)NC(=O)NC1=O)C2. The van der Waals surface area contributed by atoms with Crippen LogP contribution in [0.4, 0.5) is 14.0 Å². The summed E-state index contributed by atoms with van der Waals surface area (Å²) in [6.07, 6.45) is -0.269. The zero-order chi connectivity index (χ0) is 99.4. The molecule has 139 heavy (non-hydrogen) atoms. The number of nitrogens with zero attached hydrogens (tertiary/aromatic N) is 4. The third kappa shape index (κ3) is 20.3. The number of ether oxygens (including phenoxy) is 5. The van der Waals surface area contributed by atoms with Crippen LogP contribution in [0.3, 0.4) is 0 Å². The second-order valence-corrected chi connectivity index (χ2v) is 34.8. The van der Waals surface area contributed by atoms with Gasteiger partial charge in [0.15, 0.2) is 5.78 Å². The fraction of sp³-hybridized carbons (Fsp3) is 0.275. The number of urea groups is 2. The van der Waals surface area contributed by atoms with Crippen LogP contribution in [0.2, 0.25) is 0 Å². The molecule has 2 unspecified atom stereocenters. The second-order valence-electron chi connectivity index (χ2n) is 34.8. The average molecular weight is 1880 g/mol. The molecule has 0 radical (unpaired) electrons. The van der Waals surface area contributed by atoms with Gasteiger partial charge in [0.05, 0.1) is 80.6 Å². The Balaban J connectivity index is 0.000000141. The monoisotopic (exact) mass is 1880 g/mol. The van der Waals surface area contributed by atoms with Crippen LogP contribution < -0.4 is 67.2 Å². The van der Waals surface area contributed by atoms with Gasteiger partial charge in [-0.3, -0.25) is 103 Å². The Morgan fingerprint density at radius 2 is 0.734 bits per heavy atom. The lowest BCUT2D eigenvalue weighted by molar-refractivity contribution is -0.140. The van der Waals surface area contributed by atoms with Gasteiger partial charge in [0.2, 0.25) is 52.8 Å². The van der Waals surface area contributed by atoms with E-state index >= 15 is 4.39 Å². The van der Waals surface area contributed by atoms with Crippen LogP contribution >= 0.6 is 0 Å². The first kappa shape index (κ1) is 96.0. The van der Waals surface area contributed by atoms with E-state index in [-0.39, 0.29) is 125 Å². The highest BCUT2D eigenvalue weighted by Gasteiger charge is 2.54. The molecule has 18 amide bonds. The van der Waals surface area contributed by atoms with E-state index in [4.69, 9.17) is 24.7 Å². The summed E-state index contributed by atoms with van der Waals surface area (Å²) < 4.78 is 40.5. The average Bonchev–Trinajstić information content (AvgIpc) is 1.67. The number of Topliss-reactive ketones (excluding diaryl/α,β-unsaturated/α-hetero) is 1. The van der Waals surface area contributed by atoms with Gasteiger partial charge in [-0.25, -0.2) is 14.0 Å². The summed E-state index contributed by atoms with van der Waals surface area (Å²) in [4.78, 5) is 227. The lowest BCUT2D eigenvalue weighted by atomic mass is 9.85. The van der Waals surface area contributed by atoms with Gasteiger partial charge in [-0.2, -0.15) is 0 Å². The number of hydrogen-bond acceptors (Lipinski definition) is 23. The van der Waals surface area contributed by atoms with Crippen molar-refractivity contribution in [1.82, 2.24) is 62.1 Å². The molecule has 6 saturated heterocycles.